The summed E-state index contributed by atoms with van der Waals surface area (Å²) in [7, 11) is 0. The van der Waals surface area contributed by atoms with E-state index in [0.717, 1.165) is 88.7 Å². The zero-order valence-corrected chi connectivity index (χ0v) is 39.7. The van der Waals surface area contributed by atoms with Crippen molar-refractivity contribution in [1.29, 1.82) is 0 Å². The molecule has 2 heterocycles. The van der Waals surface area contributed by atoms with E-state index >= 15 is 0 Å². The number of fused-ring (bicyclic) bond motifs is 3. The van der Waals surface area contributed by atoms with E-state index < -0.39 is 0 Å². The third-order valence-corrected chi connectivity index (χ3v) is 13.7. The van der Waals surface area contributed by atoms with Crippen LogP contribution in [0.25, 0.3) is 134 Å². The maximum absolute atomic E-state index is 6.46. The molecule has 0 N–H and O–H groups in total. The maximum atomic E-state index is 6.46. The van der Waals surface area contributed by atoms with Crippen LogP contribution in [0.3, 0.4) is 0 Å². The maximum Gasteiger partial charge on any atom is 0.164 e. The minimum Gasteiger partial charge on any atom is -0.455 e. The van der Waals surface area contributed by atoms with Crippen LogP contribution in [0.2, 0.25) is 0 Å². The molecule has 0 radical (unpaired) electrons. The second-order valence-electron chi connectivity index (χ2n) is 18.4. The van der Waals surface area contributed by atoms with Gasteiger partial charge in [-0.2, -0.15) is 0 Å². The molecule has 0 bridgehead atoms. The van der Waals surface area contributed by atoms with Crippen LogP contribution in [0.1, 0.15) is 0 Å². The summed E-state index contributed by atoms with van der Waals surface area (Å²) < 4.78 is 6.46. The second kappa shape index (κ2) is 18.9. The fourth-order valence-electron chi connectivity index (χ4n) is 9.99. The molecule has 0 aliphatic carbocycles. The summed E-state index contributed by atoms with van der Waals surface area (Å²) in [6, 6.07) is 96.1. The van der Waals surface area contributed by atoms with E-state index in [4.69, 9.17) is 19.4 Å². The minimum atomic E-state index is 0.593. The van der Waals surface area contributed by atoms with Gasteiger partial charge in [0, 0.05) is 33.0 Å². The molecule has 2 aromatic heterocycles. The van der Waals surface area contributed by atoms with Gasteiger partial charge < -0.3 is 4.42 Å². The summed E-state index contributed by atoms with van der Waals surface area (Å²) in [4.78, 5) is 15.7. The Morgan fingerprint density at radius 3 is 0.986 bits per heavy atom. The van der Waals surface area contributed by atoms with Gasteiger partial charge in [-0.05, 0) is 115 Å². The largest absolute Gasteiger partial charge is 0.455 e. The van der Waals surface area contributed by atoms with Gasteiger partial charge in [-0.25, -0.2) is 15.0 Å². The predicted octanol–water partition coefficient (Wildman–Crippen LogP) is 18.4. The van der Waals surface area contributed by atoms with Crippen molar-refractivity contribution in [3.63, 3.8) is 0 Å². The first kappa shape index (κ1) is 43.3. The molecule has 0 aliphatic rings. The van der Waals surface area contributed by atoms with E-state index in [1.807, 2.05) is 18.2 Å². The Morgan fingerprint density at radius 1 is 0.205 bits per heavy atom. The van der Waals surface area contributed by atoms with Crippen LogP contribution in [0.5, 0.6) is 0 Å². The first-order valence-electron chi connectivity index (χ1n) is 24.6. The molecule has 0 amide bonds. The number of hydrogen-bond acceptors (Lipinski definition) is 4. The molecule has 342 valence electrons. The second-order valence-corrected chi connectivity index (χ2v) is 18.4. The lowest BCUT2D eigenvalue weighted by atomic mass is 9.95. The smallest absolute Gasteiger partial charge is 0.164 e. The van der Waals surface area contributed by atoms with Gasteiger partial charge in [0.05, 0.1) is 0 Å². The molecule has 11 aromatic carbocycles. The number of aromatic nitrogens is 3. The van der Waals surface area contributed by atoms with Crippen molar-refractivity contribution in [2.75, 3.05) is 0 Å². The molecule has 73 heavy (non-hydrogen) atoms. The van der Waals surface area contributed by atoms with Gasteiger partial charge in [-0.3, -0.25) is 0 Å². The van der Waals surface area contributed by atoms with E-state index in [9.17, 15) is 0 Å². The highest BCUT2D eigenvalue weighted by molar-refractivity contribution is 6.09. The third kappa shape index (κ3) is 8.68. The molecular formula is C69H45N3O. The van der Waals surface area contributed by atoms with Crippen LogP contribution in [0, 0.1) is 0 Å². The summed E-state index contributed by atoms with van der Waals surface area (Å²) in [6.07, 6.45) is 0. The van der Waals surface area contributed by atoms with Gasteiger partial charge >= 0.3 is 0 Å². The summed E-state index contributed by atoms with van der Waals surface area (Å²) >= 11 is 0. The molecule has 13 rings (SSSR count). The van der Waals surface area contributed by atoms with E-state index in [1.54, 1.807) is 0 Å². The minimum absolute atomic E-state index is 0.593. The monoisotopic (exact) mass is 931 g/mol. The van der Waals surface area contributed by atoms with Crippen LogP contribution in [-0.4, -0.2) is 15.0 Å². The van der Waals surface area contributed by atoms with E-state index in [-0.39, 0.29) is 0 Å². The average molecular weight is 932 g/mol. The van der Waals surface area contributed by atoms with Crippen LogP contribution in [-0.2, 0) is 0 Å². The molecule has 4 nitrogen and oxygen atoms in total. The highest BCUT2D eigenvalue weighted by Crippen LogP contribution is 2.39. The third-order valence-electron chi connectivity index (χ3n) is 13.7. The summed E-state index contributed by atoms with van der Waals surface area (Å²) in [5.41, 5.74) is 20.2. The van der Waals surface area contributed by atoms with Crippen molar-refractivity contribution < 1.29 is 4.42 Å². The van der Waals surface area contributed by atoms with E-state index in [1.165, 1.54) is 27.8 Å². The Kier molecular flexibility index (Phi) is 11.2. The Bertz CT molecular complexity index is 4140. The fourth-order valence-corrected chi connectivity index (χ4v) is 9.99. The molecule has 0 fully saturated rings. The van der Waals surface area contributed by atoms with E-state index in [0.29, 0.717) is 17.5 Å². The number of hydrogen-bond donors (Lipinski definition) is 0. The fraction of sp³-hybridized carbons (Fsp3) is 0. The lowest BCUT2D eigenvalue weighted by Crippen LogP contribution is -2.00. The zero-order valence-electron chi connectivity index (χ0n) is 39.7. The van der Waals surface area contributed by atoms with Gasteiger partial charge in [0.1, 0.15) is 11.2 Å². The standard InChI is InChI=1S/C69H45N3O/c1-3-16-46(17-4-1)50-20-9-22-52(40-50)48-36-38-49(39-37-48)67-70-68(60-30-13-27-57(44-60)55-25-11-24-54(42-55)53-23-10-21-51(41-53)47-18-5-2-6-19-47)72-69(71-67)61-31-14-28-58(45-61)56-26-12-29-59(43-56)62-33-15-34-64-63-32-7-8-35-65(63)73-66(62)64/h1-45H. The first-order chi connectivity index (χ1) is 36.1. The number of rotatable bonds is 10. The van der Waals surface area contributed by atoms with Crippen molar-refractivity contribution in [1.82, 2.24) is 15.0 Å². The topological polar surface area (TPSA) is 51.8 Å². The van der Waals surface area contributed by atoms with Crippen LogP contribution in [0.4, 0.5) is 0 Å². The Labute approximate surface area is 424 Å². The van der Waals surface area contributed by atoms with Gasteiger partial charge in [-0.15, -0.1) is 0 Å². The SMILES string of the molecule is c1ccc(-c2cccc(-c3ccc(-c4nc(-c5cccc(-c6cccc(-c7cccc(-c8ccccc8)c7)c6)c5)nc(-c5cccc(-c6cccc(-c7cccc8c7oc7ccccc78)c6)c5)n4)cc3)c2)cc1. The van der Waals surface area contributed by atoms with E-state index in [2.05, 4.69) is 255 Å². The molecule has 0 saturated heterocycles. The molecule has 0 spiro atoms. The van der Waals surface area contributed by atoms with Crippen molar-refractivity contribution >= 4 is 21.9 Å². The Hall–Kier alpha value is -9.77. The van der Waals surface area contributed by atoms with Crippen LogP contribution in [0.15, 0.2) is 277 Å². The summed E-state index contributed by atoms with van der Waals surface area (Å²) in [5, 5.41) is 2.23. The first-order valence-corrected chi connectivity index (χ1v) is 24.6. The molecule has 0 unspecified atom stereocenters. The van der Waals surface area contributed by atoms with Gasteiger partial charge in [0.25, 0.3) is 0 Å². The zero-order chi connectivity index (χ0) is 48.5. The molecular weight excluding hydrogens is 887 g/mol. The molecule has 0 atom stereocenters. The van der Waals surface area contributed by atoms with Gasteiger partial charge in [-0.1, -0.05) is 231 Å². The quantitative estimate of drug-likeness (QED) is 0.137. The Morgan fingerprint density at radius 2 is 0.507 bits per heavy atom. The number of furan rings is 1. The summed E-state index contributed by atoms with van der Waals surface area (Å²) in [5.74, 6) is 1.79. The normalized spacial score (nSPS) is 11.3. The number of benzene rings is 11. The molecule has 0 saturated carbocycles. The average Bonchev–Trinajstić information content (AvgIpc) is 3.87. The van der Waals surface area contributed by atoms with Crippen LogP contribution >= 0.6 is 0 Å². The highest BCUT2D eigenvalue weighted by atomic mass is 16.3. The number of nitrogens with zero attached hydrogens (tertiary/aromatic N) is 3. The van der Waals surface area contributed by atoms with Crippen molar-refractivity contribution in [3.05, 3.63) is 273 Å². The van der Waals surface area contributed by atoms with Crippen molar-refractivity contribution in [3.8, 4) is 112 Å². The predicted molar refractivity (Wildman–Crippen MR) is 301 cm³/mol. The molecule has 4 heteroatoms. The van der Waals surface area contributed by atoms with Crippen LogP contribution < -0.4 is 0 Å². The molecule has 0 aliphatic heterocycles. The summed E-state index contributed by atoms with van der Waals surface area (Å²) in [6.45, 7) is 0. The van der Waals surface area contributed by atoms with Gasteiger partial charge in [0.2, 0.25) is 0 Å². The van der Waals surface area contributed by atoms with Gasteiger partial charge in [0.15, 0.2) is 17.5 Å². The lowest BCUT2D eigenvalue weighted by Gasteiger charge is -2.12. The van der Waals surface area contributed by atoms with Crippen molar-refractivity contribution in [2.45, 2.75) is 0 Å². The lowest BCUT2D eigenvalue weighted by molar-refractivity contribution is 0.670. The Balaban J connectivity index is 0.880. The molecule has 13 aromatic rings. The number of para-hydroxylation sites is 2. The highest BCUT2D eigenvalue weighted by Gasteiger charge is 2.17. The van der Waals surface area contributed by atoms with Crippen molar-refractivity contribution in [2.24, 2.45) is 0 Å².